The van der Waals surface area contributed by atoms with Gasteiger partial charge < -0.3 is 5.11 Å². The molecule has 2 fully saturated rings. The van der Waals surface area contributed by atoms with Crippen molar-refractivity contribution in [2.24, 2.45) is 11.8 Å². The van der Waals surface area contributed by atoms with E-state index in [2.05, 4.69) is 4.90 Å². The van der Waals surface area contributed by atoms with Crippen LogP contribution in [0.3, 0.4) is 0 Å². The number of benzene rings is 1. The Kier molecular flexibility index (Phi) is 2.79. The molecule has 1 aromatic carbocycles. The molecule has 92 valence electrons. The first-order chi connectivity index (χ1) is 8.24. The summed E-state index contributed by atoms with van der Waals surface area (Å²) < 4.78 is 13.2. The lowest BCUT2D eigenvalue weighted by Gasteiger charge is -2.17. The van der Waals surface area contributed by atoms with Crippen molar-refractivity contribution in [2.45, 2.75) is 25.8 Å². The van der Waals surface area contributed by atoms with Gasteiger partial charge in [0.1, 0.15) is 0 Å². The van der Waals surface area contributed by atoms with Crippen LogP contribution in [0.2, 0.25) is 0 Å². The molecule has 2 aliphatic rings. The molecule has 2 nitrogen and oxygen atoms in total. The summed E-state index contributed by atoms with van der Waals surface area (Å²) in [6.45, 7) is 2.90. The number of hydrogen-bond donors (Lipinski definition) is 1. The maximum Gasteiger partial charge on any atom is 0.165 e. The third kappa shape index (κ3) is 2.04. The molecule has 2 atom stereocenters. The second-order valence-corrected chi connectivity index (χ2v) is 5.39. The average Bonchev–Trinajstić information content (AvgIpc) is 2.85. The fraction of sp³-hybridized carbons (Fsp3) is 0.571. The molecular formula is C14H18FNO. The number of fused-ring (bicyclic) bond motifs is 1. The molecule has 0 aromatic heterocycles. The van der Waals surface area contributed by atoms with Crippen LogP contribution in [0.4, 0.5) is 4.39 Å². The van der Waals surface area contributed by atoms with E-state index in [0.29, 0.717) is 12.1 Å². The molecule has 1 saturated carbocycles. The zero-order valence-electron chi connectivity index (χ0n) is 9.90. The molecule has 1 aliphatic heterocycles. The molecule has 0 bridgehead atoms. The zero-order chi connectivity index (χ0) is 11.8. The second-order valence-electron chi connectivity index (χ2n) is 5.39. The summed E-state index contributed by atoms with van der Waals surface area (Å²) >= 11 is 0. The van der Waals surface area contributed by atoms with Gasteiger partial charge in [-0.3, -0.25) is 4.90 Å². The Bertz CT molecular complexity index is 409. The Hall–Kier alpha value is -1.09. The van der Waals surface area contributed by atoms with Crippen molar-refractivity contribution in [1.82, 2.24) is 4.90 Å². The van der Waals surface area contributed by atoms with E-state index < -0.39 is 5.82 Å². The fourth-order valence-electron chi connectivity index (χ4n) is 3.39. The highest BCUT2D eigenvalue weighted by molar-refractivity contribution is 5.33. The van der Waals surface area contributed by atoms with Crippen LogP contribution in [0.5, 0.6) is 5.75 Å². The first-order valence-corrected chi connectivity index (χ1v) is 6.43. The van der Waals surface area contributed by atoms with Crippen molar-refractivity contribution in [2.75, 3.05) is 13.1 Å². The predicted octanol–water partition coefficient (Wildman–Crippen LogP) is 2.76. The highest BCUT2D eigenvalue weighted by Gasteiger charge is 2.35. The first-order valence-electron chi connectivity index (χ1n) is 6.43. The van der Waals surface area contributed by atoms with E-state index in [9.17, 15) is 9.50 Å². The van der Waals surface area contributed by atoms with E-state index in [4.69, 9.17) is 0 Å². The van der Waals surface area contributed by atoms with Gasteiger partial charge in [-0.1, -0.05) is 18.6 Å². The molecule has 0 radical (unpaired) electrons. The van der Waals surface area contributed by atoms with Gasteiger partial charge >= 0.3 is 0 Å². The van der Waals surface area contributed by atoms with Gasteiger partial charge in [-0.2, -0.15) is 0 Å². The summed E-state index contributed by atoms with van der Waals surface area (Å²) in [5.41, 5.74) is 0.713. The Labute approximate surface area is 101 Å². The molecule has 1 aliphatic carbocycles. The summed E-state index contributed by atoms with van der Waals surface area (Å²) in [7, 11) is 0. The number of halogens is 1. The van der Waals surface area contributed by atoms with Crippen LogP contribution in [0.1, 0.15) is 24.8 Å². The standard InChI is InChI=1S/C14H18FNO/c15-13-6-2-5-12(14(13)17)9-16-7-10-3-1-4-11(10)8-16/h2,5-6,10-11,17H,1,3-4,7-9H2. The SMILES string of the molecule is Oc1c(F)cccc1CN1CC2CCCC2C1. The summed E-state index contributed by atoms with van der Waals surface area (Å²) in [6, 6.07) is 4.78. The fourth-order valence-corrected chi connectivity index (χ4v) is 3.39. The Balaban J connectivity index is 1.70. The predicted molar refractivity (Wildman–Crippen MR) is 64.2 cm³/mol. The number of likely N-dealkylation sites (tertiary alicyclic amines) is 1. The lowest BCUT2D eigenvalue weighted by Crippen LogP contribution is -2.21. The van der Waals surface area contributed by atoms with Crippen LogP contribution in [0.15, 0.2) is 18.2 Å². The van der Waals surface area contributed by atoms with Crippen LogP contribution in [0.25, 0.3) is 0 Å². The average molecular weight is 235 g/mol. The van der Waals surface area contributed by atoms with Gasteiger partial charge in [-0.25, -0.2) is 4.39 Å². The first kappa shape index (κ1) is 11.0. The lowest BCUT2D eigenvalue weighted by atomic mass is 10.0. The summed E-state index contributed by atoms with van der Waals surface area (Å²) in [6.07, 6.45) is 4.06. The van der Waals surface area contributed by atoms with E-state index in [1.165, 1.54) is 25.3 Å². The van der Waals surface area contributed by atoms with Crippen LogP contribution in [-0.2, 0) is 6.54 Å². The van der Waals surface area contributed by atoms with Gasteiger partial charge in [-0.15, -0.1) is 0 Å². The van der Waals surface area contributed by atoms with Gasteiger partial charge in [-0.05, 0) is 30.7 Å². The quantitative estimate of drug-likeness (QED) is 0.852. The van der Waals surface area contributed by atoms with Crippen molar-refractivity contribution in [1.29, 1.82) is 0 Å². The normalized spacial score (nSPS) is 28.5. The number of nitrogens with zero attached hydrogens (tertiary/aromatic N) is 1. The molecule has 17 heavy (non-hydrogen) atoms. The van der Waals surface area contributed by atoms with Gasteiger partial charge in [0.25, 0.3) is 0 Å². The highest BCUT2D eigenvalue weighted by Crippen LogP contribution is 2.38. The molecule has 0 spiro atoms. The van der Waals surface area contributed by atoms with Crippen molar-refractivity contribution >= 4 is 0 Å². The minimum atomic E-state index is -0.512. The van der Waals surface area contributed by atoms with Gasteiger partial charge in [0, 0.05) is 25.2 Å². The molecular weight excluding hydrogens is 217 g/mol. The molecule has 3 rings (SSSR count). The number of phenolic OH excluding ortho intramolecular Hbond substituents is 1. The topological polar surface area (TPSA) is 23.5 Å². The number of rotatable bonds is 2. The zero-order valence-corrected chi connectivity index (χ0v) is 9.90. The summed E-state index contributed by atoms with van der Waals surface area (Å²) in [4.78, 5) is 2.35. The number of hydrogen-bond acceptors (Lipinski definition) is 2. The minimum Gasteiger partial charge on any atom is -0.505 e. The van der Waals surface area contributed by atoms with Crippen LogP contribution < -0.4 is 0 Å². The molecule has 1 saturated heterocycles. The molecule has 2 unspecified atom stereocenters. The molecule has 3 heteroatoms. The Morgan fingerprint density at radius 2 is 1.94 bits per heavy atom. The largest absolute Gasteiger partial charge is 0.505 e. The maximum absolute atomic E-state index is 13.2. The van der Waals surface area contributed by atoms with Crippen molar-refractivity contribution in [3.8, 4) is 5.75 Å². The minimum absolute atomic E-state index is 0.176. The Morgan fingerprint density at radius 3 is 2.65 bits per heavy atom. The second kappa shape index (κ2) is 4.30. The van der Waals surface area contributed by atoms with Crippen molar-refractivity contribution in [3.63, 3.8) is 0 Å². The van der Waals surface area contributed by atoms with Crippen molar-refractivity contribution in [3.05, 3.63) is 29.6 Å². The molecule has 1 N–H and O–H groups in total. The molecule has 1 aromatic rings. The van der Waals surface area contributed by atoms with Crippen molar-refractivity contribution < 1.29 is 9.50 Å². The van der Waals surface area contributed by atoms with Gasteiger partial charge in [0.2, 0.25) is 0 Å². The maximum atomic E-state index is 13.2. The van der Waals surface area contributed by atoms with E-state index in [1.54, 1.807) is 6.07 Å². The van der Waals surface area contributed by atoms with Crippen LogP contribution in [0, 0.1) is 17.7 Å². The van der Waals surface area contributed by atoms with Crippen LogP contribution in [-0.4, -0.2) is 23.1 Å². The monoisotopic (exact) mass is 235 g/mol. The molecule has 0 amide bonds. The van der Waals surface area contributed by atoms with Gasteiger partial charge in [0.05, 0.1) is 0 Å². The van der Waals surface area contributed by atoms with E-state index >= 15 is 0 Å². The van der Waals surface area contributed by atoms with E-state index in [0.717, 1.165) is 24.9 Å². The third-order valence-electron chi connectivity index (χ3n) is 4.27. The summed E-state index contributed by atoms with van der Waals surface area (Å²) in [5.74, 6) is 0.989. The highest BCUT2D eigenvalue weighted by atomic mass is 19.1. The number of para-hydroxylation sites is 1. The number of phenols is 1. The lowest BCUT2D eigenvalue weighted by molar-refractivity contribution is 0.296. The van der Waals surface area contributed by atoms with E-state index in [-0.39, 0.29) is 5.75 Å². The number of aromatic hydroxyl groups is 1. The third-order valence-corrected chi connectivity index (χ3v) is 4.27. The van der Waals surface area contributed by atoms with Gasteiger partial charge in [0.15, 0.2) is 11.6 Å². The van der Waals surface area contributed by atoms with Crippen LogP contribution >= 0.6 is 0 Å². The molecule has 1 heterocycles. The van der Waals surface area contributed by atoms with E-state index in [1.807, 2.05) is 6.07 Å². The smallest absolute Gasteiger partial charge is 0.165 e. The Morgan fingerprint density at radius 1 is 1.24 bits per heavy atom. The summed E-state index contributed by atoms with van der Waals surface area (Å²) in [5, 5.41) is 9.66.